The first-order valence-corrected chi connectivity index (χ1v) is 10.7. The molecule has 0 aliphatic carbocycles. The van der Waals surface area contributed by atoms with Crippen LogP contribution in [-0.4, -0.2) is 54.3 Å². The number of hydrogen-bond acceptors (Lipinski definition) is 3. The van der Waals surface area contributed by atoms with Gasteiger partial charge in [0.05, 0.1) is 10.5 Å². The smallest absolute Gasteiger partial charge is 0.272 e. The number of ether oxygens (including phenoxy) is 1. The standard InChI is InChI=1S/C22H32ClN3O2/c1-16(2)26(17-9-8-12-24-15-17)22(27)21-20(23)18-10-4-5-11-19(18)25(21)13-6-7-14-28-3/h4-5,10-11,16-17,24H,6-9,12-15H2,1-3H3. The normalized spacial score (nSPS) is 17.4. The van der Waals surface area contributed by atoms with Crippen molar-refractivity contribution in [1.82, 2.24) is 14.8 Å². The number of carbonyl (C=O) groups excluding carboxylic acids is 1. The van der Waals surface area contributed by atoms with Crippen molar-refractivity contribution >= 4 is 28.4 Å². The Hall–Kier alpha value is -1.56. The molecule has 1 aromatic heterocycles. The van der Waals surface area contributed by atoms with Crippen molar-refractivity contribution in [3.05, 3.63) is 35.0 Å². The number of piperidine rings is 1. The summed E-state index contributed by atoms with van der Waals surface area (Å²) in [6, 6.07) is 8.36. The monoisotopic (exact) mass is 405 g/mol. The average Bonchev–Trinajstić information content (AvgIpc) is 2.98. The number of aryl methyl sites for hydroxylation is 1. The van der Waals surface area contributed by atoms with Gasteiger partial charge >= 0.3 is 0 Å². The Balaban J connectivity index is 1.99. The maximum atomic E-state index is 13.8. The van der Waals surface area contributed by atoms with Gasteiger partial charge in [-0.3, -0.25) is 4.79 Å². The molecule has 0 spiro atoms. The van der Waals surface area contributed by atoms with E-state index in [-0.39, 0.29) is 18.0 Å². The lowest BCUT2D eigenvalue weighted by atomic mass is 10.0. The third kappa shape index (κ3) is 4.37. The number of hydrogen-bond donors (Lipinski definition) is 1. The van der Waals surface area contributed by atoms with E-state index >= 15 is 0 Å². The minimum atomic E-state index is 0.0386. The number of fused-ring (bicyclic) bond motifs is 1. The number of aromatic nitrogens is 1. The molecule has 1 amide bonds. The first kappa shape index (κ1) is 21.2. The molecule has 6 heteroatoms. The van der Waals surface area contributed by atoms with E-state index in [2.05, 4.69) is 29.8 Å². The first-order chi connectivity index (χ1) is 13.6. The summed E-state index contributed by atoms with van der Waals surface area (Å²) in [7, 11) is 1.72. The molecule has 1 N–H and O–H groups in total. The molecule has 28 heavy (non-hydrogen) atoms. The molecule has 1 aliphatic heterocycles. The van der Waals surface area contributed by atoms with Gasteiger partial charge in [0.25, 0.3) is 5.91 Å². The molecule has 1 aromatic carbocycles. The second-order valence-corrected chi connectivity index (χ2v) is 8.22. The van der Waals surface area contributed by atoms with Crippen LogP contribution in [0.4, 0.5) is 0 Å². The van der Waals surface area contributed by atoms with Crippen LogP contribution in [-0.2, 0) is 11.3 Å². The van der Waals surface area contributed by atoms with Gasteiger partial charge in [0.2, 0.25) is 0 Å². The van der Waals surface area contributed by atoms with E-state index in [0.717, 1.165) is 62.8 Å². The maximum Gasteiger partial charge on any atom is 0.272 e. The molecular formula is C22H32ClN3O2. The van der Waals surface area contributed by atoms with Crippen LogP contribution in [0.15, 0.2) is 24.3 Å². The molecule has 1 atom stereocenters. The Morgan fingerprint density at radius 2 is 2.14 bits per heavy atom. The number of para-hydroxylation sites is 1. The molecule has 1 unspecified atom stereocenters. The predicted octanol–water partition coefficient (Wildman–Crippen LogP) is 4.32. The Bertz CT molecular complexity index is 796. The summed E-state index contributed by atoms with van der Waals surface area (Å²) in [5.74, 6) is 0.0386. The number of rotatable bonds is 8. The van der Waals surface area contributed by atoms with E-state index in [1.165, 1.54) is 0 Å². The fourth-order valence-corrected chi connectivity index (χ4v) is 4.58. The Kier molecular flexibility index (Phi) is 7.38. The van der Waals surface area contributed by atoms with Gasteiger partial charge in [-0.1, -0.05) is 29.8 Å². The van der Waals surface area contributed by atoms with Gasteiger partial charge in [0, 0.05) is 44.3 Å². The van der Waals surface area contributed by atoms with Gasteiger partial charge in [-0.15, -0.1) is 0 Å². The number of nitrogens with zero attached hydrogens (tertiary/aromatic N) is 2. The SMILES string of the molecule is COCCCCn1c(C(=O)N(C(C)C)C2CCCNC2)c(Cl)c2ccccc21. The van der Waals surface area contributed by atoms with Crippen LogP contribution in [0.1, 0.15) is 50.0 Å². The summed E-state index contributed by atoms with van der Waals surface area (Å²) >= 11 is 6.78. The van der Waals surface area contributed by atoms with Crippen LogP contribution >= 0.6 is 11.6 Å². The quantitative estimate of drug-likeness (QED) is 0.665. The number of carbonyl (C=O) groups is 1. The highest BCUT2D eigenvalue weighted by molar-refractivity contribution is 6.38. The predicted molar refractivity (Wildman–Crippen MR) is 115 cm³/mol. The lowest BCUT2D eigenvalue weighted by Crippen LogP contribution is -2.52. The maximum absolute atomic E-state index is 13.8. The van der Waals surface area contributed by atoms with Crippen LogP contribution < -0.4 is 5.32 Å². The van der Waals surface area contributed by atoms with Crippen molar-refractivity contribution in [2.45, 2.75) is 58.2 Å². The summed E-state index contributed by atoms with van der Waals surface area (Å²) in [5, 5.41) is 4.95. The van der Waals surface area contributed by atoms with E-state index in [1.807, 2.05) is 23.1 Å². The summed E-state index contributed by atoms with van der Waals surface area (Å²) in [6.45, 7) is 7.53. The van der Waals surface area contributed by atoms with Crippen LogP contribution in [0.2, 0.25) is 5.02 Å². The first-order valence-electron chi connectivity index (χ1n) is 10.3. The van der Waals surface area contributed by atoms with Crippen LogP contribution in [0.25, 0.3) is 10.9 Å². The molecule has 2 heterocycles. The van der Waals surface area contributed by atoms with E-state index in [9.17, 15) is 4.79 Å². The van der Waals surface area contributed by atoms with Gasteiger partial charge in [-0.2, -0.15) is 0 Å². The molecule has 1 fully saturated rings. The second kappa shape index (κ2) is 9.77. The molecule has 154 valence electrons. The van der Waals surface area contributed by atoms with Crippen molar-refractivity contribution in [3.63, 3.8) is 0 Å². The van der Waals surface area contributed by atoms with Crippen LogP contribution in [0.3, 0.4) is 0 Å². The van der Waals surface area contributed by atoms with Crippen molar-refractivity contribution < 1.29 is 9.53 Å². The molecule has 3 rings (SSSR count). The fourth-order valence-electron chi connectivity index (χ4n) is 4.23. The highest BCUT2D eigenvalue weighted by Crippen LogP contribution is 2.33. The molecule has 5 nitrogen and oxygen atoms in total. The Morgan fingerprint density at radius 1 is 1.36 bits per heavy atom. The molecule has 0 saturated carbocycles. The fraction of sp³-hybridized carbons (Fsp3) is 0.591. The Morgan fingerprint density at radius 3 is 2.82 bits per heavy atom. The molecule has 1 saturated heterocycles. The summed E-state index contributed by atoms with van der Waals surface area (Å²) in [6.07, 6.45) is 4.02. The third-order valence-electron chi connectivity index (χ3n) is 5.55. The van der Waals surface area contributed by atoms with Gasteiger partial charge in [-0.25, -0.2) is 0 Å². The number of methoxy groups -OCH3 is 1. The van der Waals surface area contributed by atoms with E-state index in [1.54, 1.807) is 7.11 Å². The number of halogens is 1. The van der Waals surface area contributed by atoms with Crippen molar-refractivity contribution in [2.24, 2.45) is 0 Å². The molecule has 0 bridgehead atoms. The zero-order valence-corrected chi connectivity index (χ0v) is 18.0. The van der Waals surface area contributed by atoms with E-state index in [0.29, 0.717) is 10.7 Å². The highest BCUT2D eigenvalue weighted by atomic mass is 35.5. The molecule has 2 aromatic rings. The topological polar surface area (TPSA) is 46.5 Å². The zero-order chi connectivity index (χ0) is 20.1. The van der Waals surface area contributed by atoms with Gasteiger partial charge in [0.15, 0.2) is 0 Å². The molecule has 0 radical (unpaired) electrons. The van der Waals surface area contributed by atoms with Crippen molar-refractivity contribution in [3.8, 4) is 0 Å². The van der Waals surface area contributed by atoms with Crippen LogP contribution in [0.5, 0.6) is 0 Å². The lowest BCUT2D eigenvalue weighted by molar-refractivity contribution is 0.0562. The average molecular weight is 406 g/mol. The van der Waals surface area contributed by atoms with Gasteiger partial charge < -0.3 is 19.5 Å². The van der Waals surface area contributed by atoms with E-state index in [4.69, 9.17) is 16.3 Å². The minimum absolute atomic E-state index is 0.0386. The molecule has 1 aliphatic rings. The largest absolute Gasteiger partial charge is 0.385 e. The van der Waals surface area contributed by atoms with Crippen molar-refractivity contribution in [2.75, 3.05) is 26.8 Å². The number of benzene rings is 1. The Labute approximate surface area is 173 Å². The highest BCUT2D eigenvalue weighted by Gasteiger charge is 2.32. The van der Waals surface area contributed by atoms with E-state index < -0.39 is 0 Å². The zero-order valence-electron chi connectivity index (χ0n) is 17.2. The van der Waals surface area contributed by atoms with Crippen LogP contribution in [0, 0.1) is 0 Å². The number of unbranched alkanes of at least 4 members (excludes halogenated alkanes) is 1. The minimum Gasteiger partial charge on any atom is -0.385 e. The number of amides is 1. The summed E-state index contributed by atoms with van der Waals surface area (Å²) in [5.41, 5.74) is 1.65. The third-order valence-corrected chi connectivity index (χ3v) is 5.93. The second-order valence-electron chi connectivity index (χ2n) is 7.84. The van der Waals surface area contributed by atoms with Gasteiger partial charge in [0.1, 0.15) is 5.69 Å². The number of nitrogens with one attached hydrogen (secondary N) is 1. The molecular weight excluding hydrogens is 374 g/mol. The summed E-state index contributed by atoms with van der Waals surface area (Å²) < 4.78 is 7.29. The lowest BCUT2D eigenvalue weighted by Gasteiger charge is -2.38. The summed E-state index contributed by atoms with van der Waals surface area (Å²) in [4.78, 5) is 15.8. The van der Waals surface area contributed by atoms with Gasteiger partial charge in [-0.05, 0) is 52.1 Å². The van der Waals surface area contributed by atoms with Crippen molar-refractivity contribution in [1.29, 1.82) is 0 Å².